The van der Waals surface area contributed by atoms with Crippen molar-refractivity contribution in [2.45, 2.75) is 25.7 Å². The molecule has 1 aromatic heterocycles. The summed E-state index contributed by atoms with van der Waals surface area (Å²) in [7, 11) is 0. The first-order valence-electron chi connectivity index (χ1n) is 6.57. The fraction of sp³-hybridized carbons (Fsp3) is 0.267. The van der Waals surface area contributed by atoms with Gasteiger partial charge in [0.25, 0.3) is 0 Å². The highest BCUT2D eigenvalue weighted by Gasteiger charge is 2.11. The second kappa shape index (κ2) is 5.28. The predicted molar refractivity (Wildman–Crippen MR) is 72.1 cm³/mol. The molecule has 0 aliphatic heterocycles. The van der Waals surface area contributed by atoms with Crippen LogP contribution in [-0.4, -0.2) is 21.0 Å². The van der Waals surface area contributed by atoms with E-state index in [2.05, 4.69) is 16.0 Å². The first kappa shape index (κ1) is 12.6. The molecule has 1 aliphatic carbocycles. The predicted octanol–water partition coefficient (Wildman–Crippen LogP) is 2.85. The highest BCUT2D eigenvalue weighted by molar-refractivity contribution is 5.86. The van der Waals surface area contributed by atoms with Gasteiger partial charge in [0.15, 0.2) is 0 Å². The summed E-state index contributed by atoms with van der Waals surface area (Å²) in [4.78, 5) is 18.5. The van der Waals surface area contributed by atoms with Crippen LogP contribution in [0.5, 0.6) is 11.8 Å². The van der Waals surface area contributed by atoms with Crippen molar-refractivity contribution in [1.82, 2.24) is 9.97 Å². The number of nitrogens with zero attached hydrogens (tertiary/aromatic N) is 2. The summed E-state index contributed by atoms with van der Waals surface area (Å²) < 4.78 is 5.56. The molecule has 0 spiro atoms. The molecule has 0 unspecified atom stereocenters. The SMILES string of the molecule is O=C(O)c1cnc(Oc2ccc3c(c2)CCCC3)nc1. The fourth-order valence-corrected chi connectivity index (χ4v) is 2.36. The third-order valence-corrected chi connectivity index (χ3v) is 3.40. The Labute approximate surface area is 116 Å². The maximum absolute atomic E-state index is 10.7. The van der Waals surface area contributed by atoms with Gasteiger partial charge in [0.1, 0.15) is 5.75 Å². The maximum Gasteiger partial charge on any atom is 0.338 e. The highest BCUT2D eigenvalue weighted by atomic mass is 16.5. The lowest BCUT2D eigenvalue weighted by Crippen LogP contribution is -2.03. The monoisotopic (exact) mass is 270 g/mol. The average molecular weight is 270 g/mol. The third kappa shape index (κ3) is 2.61. The summed E-state index contributed by atoms with van der Waals surface area (Å²) in [6.45, 7) is 0. The number of ether oxygens (including phenoxy) is 1. The van der Waals surface area contributed by atoms with E-state index >= 15 is 0 Å². The molecule has 5 heteroatoms. The van der Waals surface area contributed by atoms with Crippen LogP contribution >= 0.6 is 0 Å². The molecule has 1 aliphatic rings. The van der Waals surface area contributed by atoms with Gasteiger partial charge in [-0.1, -0.05) is 6.07 Å². The van der Waals surface area contributed by atoms with Crippen LogP contribution in [0.3, 0.4) is 0 Å². The summed E-state index contributed by atoms with van der Waals surface area (Å²) in [5, 5.41) is 8.78. The van der Waals surface area contributed by atoms with Crippen molar-refractivity contribution in [2.24, 2.45) is 0 Å². The van der Waals surface area contributed by atoms with Crippen LogP contribution in [0.25, 0.3) is 0 Å². The summed E-state index contributed by atoms with van der Waals surface area (Å²) in [6.07, 6.45) is 7.13. The number of hydrogen-bond donors (Lipinski definition) is 1. The fourth-order valence-electron chi connectivity index (χ4n) is 2.36. The van der Waals surface area contributed by atoms with E-state index in [1.165, 1.54) is 36.4 Å². The van der Waals surface area contributed by atoms with Crippen molar-refractivity contribution in [3.8, 4) is 11.8 Å². The molecule has 1 heterocycles. The van der Waals surface area contributed by atoms with Gasteiger partial charge in [0.2, 0.25) is 0 Å². The Morgan fingerprint density at radius 2 is 1.80 bits per heavy atom. The van der Waals surface area contributed by atoms with E-state index in [0.29, 0.717) is 5.75 Å². The topological polar surface area (TPSA) is 72.3 Å². The number of aryl methyl sites for hydroxylation is 2. The highest BCUT2D eigenvalue weighted by Crippen LogP contribution is 2.27. The zero-order valence-corrected chi connectivity index (χ0v) is 10.9. The lowest BCUT2D eigenvalue weighted by molar-refractivity contribution is 0.0696. The maximum atomic E-state index is 10.7. The molecular formula is C15H14N2O3. The van der Waals surface area contributed by atoms with Crippen LogP contribution in [0.2, 0.25) is 0 Å². The van der Waals surface area contributed by atoms with Crippen molar-refractivity contribution in [1.29, 1.82) is 0 Å². The van der Waals surface area contributed by atoms with Gasteiger partial charge in [-0.3, -0.25) is 0 Å². The first-order valence-corrected chi connectivity index (χ1v) is 6.57. The van der Waals surface area contributed by atoms with Gasteiger partial charge in [0, 0.05) is 12.4 Å². The van der Waals surface area contributed by atoms with E-state index in [0.717, 1.165) is 12.8 Å². The van der Waals surface area contributed by atoms with E-state index in [9.17, 15) is 4.79 Å². The Morgan fingerprint density at radius 3 is 2.50 bits per heavy atom. The molecule has 2 aromatic rings. The second-order valence-corrected chi connectivity index (χ2v) is 4.80. The first-order chi connectivity index (χ1) is 9.72. The van der Waals surface area contributed by atoms with Crippen molar-refractivity contribution in [2.75, 3.05) is 0 Å². The molecule has 102 valence electrons. The number of carboxylic acid groups (broad SMARTS) is 1. The molecule has 0 fully saturated rings. The van der Waals surface area contributed by atoms with Gasteiger partial charge >= 0.3 is 12.0 Å². The number of aromatic nitrogens is 2. The Morgan fingerprint density at radius 1 is 1.10 bits per heavy atom. The summed E-state index contributed by atoms with van der Waals surface area (Å²) in [5.41, 5.74) is 2.74. The van der Waals surface area contributed by atoms with Crippen molar-refractivity contribution < 1.29 is 14.6 Å². The van der Waals surface area contributed by atoms with E-state index in [1.54, 1.807) is 0 Å². The average Bonchev–Trinajstić information content (AvgIpc) is 2.48. The third-order valence-electron chi connectivity index (χ3n) is 3.40. The molecule has 0 saturated heterocycles. The van der Waals surface area contributed by atoms with E-state index in [4.69, 9.17) is 9.84 Å². The quantitative estimate of drug-likeness (QED) is 0.928. The number of aromatic carboxylic acids is 1. The minimum Gasteiger partial charge on any atom is -0.478 e. The number of rotatable bonds is 3. The Bertz CT molecular complexity index is 638. The van der Waals surface area contributed by atoms with Gasteiger partial charge in [-0.05, 0) is 48.9 Å². The van der Waals surface area contributed by atoms with Crippen LogP contribution in [0.1, 0.15) is 34.3 Å². The summed E-state index contributed by atoms with van der Waals surface area (Å²) >= 11 is 0. The molecule has 1 N–H and O–H groups in total. The molecule has 0 bridgehead atoms. The van der Waals surface area contributed by atoms with Crippen LogP contribution in [-0.2, 0) is 12.8 Å². The van der Waals surface area contributed by atoms with E-state index in [-0.39, 0.29) is 11.6 Å². The zero-order chi connectivity index (χ0) is 13.9. The number of hydrogen-bond acceptors (Lipinski definition) is 4. The van der Waals surface area contributed by atoms with Gasteiger partial charge in [-0.25, -0.2) is 14.8 Å². The molecule has 0 amide bonds. The van der Waals surface area contributed by atoms with E-state index in [1.807, 2.05) is 12.1 Å². The van der Waals surface area contributed by atoms with Gasteiger partial charge in [0.05, 0.1) is 5.56 Å². The molecule has 20 heavy (non-hydrogen) atoms. The molecule has 0 radical (unpaired) electrons. The van der Waals surface area contributed by atoms with Gasteiger partial charge in [-0.2, -0.15) is 0 Å². The number of benzene rings is 1. The number of fused-ring (bicyclic) bond motifs is 1. The van der Waals surface area contributed by atoms with E-state index < -0.39 is 5.97 Å². The van der Waals surface area contributed by atoms with Crippen molar-refractivity contribution in [3.63, 3.8) is 0 Å². The lowest BCUT2D eigenvalue weighted by atomic mass is 9.92. The van der Waals surface area contributed by atoms with Crippen LogP contribution in [0, 0.1) is 0 Å². The van der Waals surface area contributed by atoms with Crippen LogP contribution in [0.15, 0.2) is 30.6 Å². The molecule has 3 rings (SSSR count). The summed E-state index contributed by atoms with van der Waals surface area (Å²) in [6, 6.07) is 6.16. The number of carbonyl (C=O) groups is 1. The van der Waals surface area contributed by atoms with Crippen LogP contribution in [0.4, 0.5) is 0 Å². The van der Waals surface area contributed by atoms with Crippen molar-refractivity contribution in [3.05, 3.63) is 47.3 Å². The smallest absolute Gasteiger partial charge is 0.338 e. The Balaban J connectivity index is 1.78. The summed E-state index contributed by atoms with van der Waals surface area (Å²) in [5.74, 6) is -0.362. The van der Waals surface area contributed by atoms with Gasteiger partial charge in [-0.15, -0.1) is 0 Å². The Hall–Kier alpha value is -2.43. The Kier molecular flexibility index (Phi) is 3.33. The molecule has 1 aromatic carbocycles. The van der Waals surface area contributed by atoms with Crippen LogP contribution < -0.4 is 4.74 Å². The molecule has 5 nitrogen and oxygen atoms in total. The standard InChI is InChI=1S/C15H14N2O3/c18-14(19)12-8-16-15(17-9-12)20-13-6-5-10-3-1-2-4-11(10)7-13/h5-9H,1-4H2,(H,18,19). The largest absolute Gasteiger partial charge is 0.478 e. The second-order valence-electron chi connectivity index (χ2n) is 4.80. The zero-order valence-electron chi connectivity index (χ0n) is 10.9. The number of carboxylic acids is 1. The normalized spacial score (nSPS) is 13.6. The molecular weight excluding hydrogens is 256 g/mol. The van der Waals surface area contributed by atoms with Gasteiger partial charge < -0.3 is 9.84 Å². The molecule has 0 atom stereocenters. The van der Waals surface area contributed by atoms with Crippen molar-refractivity contribution >= 4 is 5.97 Å². The lowest BCUT2D eigenvalue weighted by Gasteiger charge is -2.16. The minimum atomic E-state index is -1.05. The molecule has 0 saturated carbocycles. The minimum absolute atomic E-state index is 0.0443.